The molecular weight excluding hydrogens is 579 g/mol. The lowest BCUT2D eigenvalue weighted by Crippen LogP contribution is -2.02. The molecule has 9 rings (SSSR count). The van der Waals surface area contributed by atoms with Gasteiger partial charge in [0.15, 0.2) is 0 Å². The van der Waals surface area contributed by atoms with Gasteiger partial charge >= 0.3 is 0 Å². The highest BCUT2D eigenvalue weighted by Gasteiger charge is 2.28. The van der Waals surface area contributed by atoms with E-state index in [0.29, 0.717) is 0 Å². The number of fused-ring (bicyclic) bond motifs is 6. The van der Waals surface area contributed by atoms with Crippen molar-refractivity contribution in [1.82, 2.24) is 15.4 Å². The molecular formula is C42H29N3S. The van der Waals surface area contributed by atoms with E-state index < -0.39 is 0 Å². The Morgan fingerprint density at radius 2 is 1.37 bits per heavy atom. The third kappa shape index (κ3) is 4.07. The molecule has 2 heterocycles. The van der Waals surface area contributed by atoms with Gasteiger partial charge in [-0.15, -0.1) is 21.5 Å². The van der Waals surface area contributed by atoms with Crippen LogP contribution < -0.4 is 0 Å². The maximum absolute atomic E-state index is 4.70. The Morgan fingerprint density at radius 3 is 2.24 bits per heavy atom. The van der Waals surface area contributed by atoms with Crippen molar-refractivity contribution < 1.29 is 0 Å². The lowest BCUT2D eigenvalue weighted by molar-refractivity contribution is 0.871. The van der Waals surface area contributed by atoms with E-state index in [-0.39, 0.29) is 0 Å². The molecule has 0 saturated heterocycles. The summed E-state index contributed by atoms with van der Waals surface area (Å²) in [6.07, 6.45) is 2.67. The van der Waals surface area contributed by atoms with Crippen molar-refractivity contribution in [3.8, 4) is 55.8 Å². The molecule has 218 valence electrons. The molecule has 0 bridgehead atoms. The second-order valence-corrected chi connectivity index (χ2v) is 13.2. The zero-order valence-electron chi connectivity index (χ0n) is 25.6. The molecule has 0 saturated carbocycles. The van der Waals surface area contributed by atoms with E-state index in [9.17, 15) is 0 Å². The predicted octanol–water partition coefficient (Wildman–Crippen LogP) is 11.1. The van der Waals surface area contributed by atoms with Crippen molar-refractivity contribution in [3.05, 3.63) is 150 Å². The van der Waals surface area contributed by atoms with Crippen molar-refractivity contribution in [2.75, 3.05) is 0 Å². The smallest absolute Gasteiger partial charge is 0.0975 e. The van der Waals surface area contributed by atoms with E-state index in [0.717, 1.165) is 17.7 Å². The first kappa shape index (κ1) is 26.9. The van der Waals surface area contributed by atoms with Crippen molar-refractivity contribution in [2.45, 2.75) is 20.3 Å². The fourth-order valence-electron chi connectivity index (χ4n) is 7.44. The summed E-state index contributed by atoms with van der Waals surface area (Å²) < 4.78 is 2.57. The van der Waals surface area contributed by atoms with Crippen LogP contribution in [0.1, 0.15) is 22.3 Å². The van der Waals surface area contributed by atoms with Crippen LogP contribution in [0, 0.1) is 13.8 Å². The molecule has 3 nitrogen and oxygen atoms in total. The molecule has 0 aliphatic heterocycles. The number of rotatable bonds is 4. The van der Waals surface area contributed by atoms with Crippen LogP contribution in [0.3, 0.4) is 0 Å². The van der Waals surface area contributed by atoms with Crippen molar-refractivity contribution >= 4 is 31.5 Å². The molecule has 1 aliphatic carbocycles. The quantitative estimate of drug-likeness (QED) is 0.200. The molecule has 4 heteroatoms. The van der Waals surface area contributed by atoms with Crippen molar-refractivity contribution in [2.24, 2.45) is 0 Å². The lowest BCUT2D eigenvalue weighted by atomic mass is 9.80. The maximum Gasteiger partial charge on any atom is 0.0975 e. The van der Waals surface area contributed by atoms with Crippen molar-refractivity contribution in [1.29, 1.82) is 0 Å². The van der Waals surface area contributed by atoms with Gasteiger partial charge in [-0.05, 0) is 110 Å². The zero-order valence-corrected chi connectivity index (χ0v) is 26.4. The number of hydrogen-bond donors (Lipinski definition) is 0. The summed E-state index contributed by atoms with van der Waals surface area (Å²) >= 11 is 1.86. The zero-order chi connectivity index (χ0) is 30.8. The highest BCUT2D eigenvalue weighted by atomic mass is 32.1. The third-order valence-corrected chi connectivity index (χ3v) is 10.8. The molecule has 1 aliphatic rings. The molecule has 0 N–H and O–H groups in total. The van der Waals surface area contributed by atoms with E-state index in [2.05, 4.69) is 139 Å². The molecule has 0 amide bonds. The molecule has 0 unspecified atom stereocenters. The maximum atomic E-state index is 4.70. The van der Waals surface area contributed by atoms with E-state index in [1.807, 2.05) is 17.4 Å². The van der Waals surface area contributed by atoms with Gasteiger partial charge in [0.25, 0.3) is 0 Å². The van der Waals surface area contributed by atoms with Crippen LogP contribution in [-0.2, 0) is 6.42 Å². The predicted molar refractivity (Wildman–Crippen MR) is 192 cm³/mol. The Morgan fingerprint density at radius 1 is 0.587 bits per heavy atom. The number of thiophene rings is 1. The highest BCUT2D eigenvalue weighted by Crippen LogP contribution is 2.52. The van der Waals surface area contributed by atoms with Gasteiger partial charge in [-0.1, -0.05) is 103 Å². The van der Waals surface area contributed by atoms with Gasteiger partial charge in [-0.25, -0.2) is 0 Å². The van der Waals surface area contributed by atoms with Gasteiger partial charge < -0.3 is 0 Å². The summed E-state index contributed by atoms with van der Waals surface area (Å²) in [5.41, 5.74) is 17.1. The van der Waals surface area contributed by atoms with Crippen LogP contribution in [0.4, 0.5) is 0 Å². The summed E-state index contributed by atoms with van der Waals surface area (Å²) in [5.74, 6) is 0. The summed E-state index contributed by atoms with van der Waals surface area (Å²) in [6, 6.07) is 44.1. The van der Waals surface area contributed by atoms with Crippen LogP contribution in [0.25, 0.3) is 75.9 Å². The normalized spacial score (nSPS) is 12.0. The van der Waals surface area contributed by atoms with E-state index in [1.165, 1.54) is 86.9 Å². The van der Waals surface area contributed by atoms with Gasteiger partial charge in [-0.2, -0.15) is 0 Å². The SMILES string of the molecule is Cc1cc(-c2c(-c3ccccc3)ccc3sc4ccccc4c23)c(-c2ccnnn2)c(-c2cccc3c2Cc2ccccc2-3)c1C. The second-order valence-electron chi connectivity index (χ2n) is 12.1. The first-order valence-corrected chi connectivity index (χ1v) is 16.5. The Hall–Kier alpha value is -5.45. The minimum absolute atomic E-state index is 0.826. The minimum Gasteiger partial charge on any atom is -0.139 e. The Labute approximate surface area is 271 Å². The summed E-state index contributed by atoms with van der Waals surface area (Å²) in [7, 11) is 0. The molecule has 0 atom stereocenters. The van der Waals surface area contributed by atoms with Crippen LogP contribution in [0.5, 0.6) is 0 Å². The van der Waals surface area contributed by atoms with Gasteiger partial charge in [0.05, 0.1) is 11.9 Å². The Balaban J connectivity index is 1.45. The summed E-state index contributed by atoms with van der Waals surface area (Å²) in [4.78, 5) is 0. The first-order valence-electron chi connectivity index (χ1n) is 15.7. The largest absolute Gasteiger partial charge is 0.139 e. The second kappa shape index (κ2) is 10.6. The monoisotopic (exact) mass is 607 g/mol. The van der Waals surface area contributed by atoms with Gasteiger partial charge in [-0.3, -0.25) is 0 Å². The molecule has 6 aromatic carbocycles. The van der Waals surface area contributed by atoms with Gasteiger partial charge in [0, 0.05) is 25.7 Å². The molecule has 2 aromatic heterocycles. The van der Waals surface area contributed by atoms with E-state index in [1.54, 1.807) is 6.20 Å². The average Bonchev–Trinajstić information content (AvgIpc) is 3.68. The summed E-state index contributed by atoms with van der Waals surface area (Å²) in [5, 5.41) is 15.5. The molecule has 0 fully saturated rings. The minimum atomic E-state index is 0.826. The van der Waals surface area contributed by atoms with Gasteiger partial charge in [0.2, 0.25) is 0 Å². The van der Waals surface area contributed by atoms with Gasteiger partial charge in [0.1, 0.15) is 0 Å². The van der Waals surface area contributed by atoms with Crippen molar-refractivity contribution in [3.63, 3.8) is 0 Å². The van der Waals surface area contributed by atoms with Crippen LogP contribution in [0.2, 0.25) is 0 Å². The number of benzene rings is 6. The summed E-state index contributed by atoms with van der Waals surface area (Å²) in [6.45, 7) is 4.50. The average molecular weight is 608 g/mol. The number of aryl methyl sites for hydroxylation is 1. The molecule has 0 radical (unpaired) electrons. The van der Waals surface area contributed by atoms with Crippen LogP contribution >= 0.6 is 11.3 Å². The lowest BCUT2D eigenvalue weighted by Gasteiger charge is -2.23. The van der Waals surface area contributed by atoms with Crippen LogP contribution in [0.15, 0.2) is 128 Å². The molecule has 8 aromatic rings. The number of hydrogen-bond acceptors (Lipinski definition) is 4. The third-order valence-electron chi connectivity index (χ3n) is 9.62. The van der Waals surface area contributed by atoms with E-state index in [4.69, 9.17) is 5.10 Å². The standard InChI is InChI=1S/C42H29N3S/c1-25-23-35(40-30(27-11-4-3-5-12-27)19-20-38-42(40)33-15-8-9-18-37(33)46-38)41(36-21-22-43-45-44-36)39(26(25)2)32-17-10-16-31-29-14-7-6-13-28(29)24-34(31)32/h3-23H,24H2,1-2H3. The number of aromatic nitrogens is 3. The fourth-order valence-corrected chi connectivity index (χ4v) is 8.55. The Bertz CT molecular complexity index is 2460. The topological polar surface area (TPSA) is 38.7 Å². The molecule has 0 spiro atoms. The number of nitrogens with zero attached hydrogens (tertiary/aromatic N) is 3. The van der Waals surface area contributed by atoms with Crippen LogP contribution in [-0.4, -0.2) is 15.4 Å². The first-order chi connectivity index (χ1) is 22.7. The molecule has 46 heavy (non-hydrogen) atoms. The fraction of sp³-hybridized carbons (Fsp3) is 0.0714. The van der Waals surface area contributed by atoms with E-state index >= 15 is 0 Å². The Kier molecular flexibility index (Phi) is 6.19. The highest BCUT2D eigenvalue weighted by molar-refractivity contribution is 7.26.